The number of hydrogen-bond acceptors (Lipinski definition) is 3. The molecule has 0 saturated carbocycles. The summed E-state index contributed by atoms with van der Waals surface area (Å²) in [6.45, 7) is 6.97. The summed E-state index contributed by atoms with van der Waals surface area (Å²) >= 11 is 0. The van der Waals surface area contributed by atoms with Crippen LogP contribution in [0.15, 0.2) is 0 Å². The smallest absolute Gasteiger partial charge is 0.0704 e. The maximum absolute atomic E-state index is 5.80. The molecule has 2 rings (SSSR count). The Hall–Kier alpha value is -0.120. The van der Waals surface area contributed by atoms with Crippen molar-refractivity contribution in [2.45, 2.75) is 51.2 Å². The van der Waals surface area contributed by atoms with Crippen LogP contribution >= 0.6 is 0 Å². The molecule has 0 bridgehead atoms. The molecule has 0 radical (unpaired) electrons. The lowest BCUT2D eigenvalue weighted by molar-refractivity contribution is 0.0558. The van der Waals surface area contributed by atoms with Crippen LogP contribution in [0.25, 0.3) is 0 Å². The molecule has 2 atom stereocenters. The van der Waals surface area contributed by atoms with E-state index >= 15 is 0 Å². The minimum absolute atomic E-state index is 0.475. The average Bonchev–Trinajstić information content (AvgIpc) is 2.73. The average molecular weight is 240 g/mol. The van der Waals surface area contributed by atoms with E-state index in [0.29, 0.717) is 12.2 Å². The third-order valence-electron chi connectivity index (χ3n) is 4.26. The Morgan fingerprint density at radius 3 is 2.59 bits per heavy atom. The largest absolute Gasteiger partial charge is 0.374 e. The highest BCUT2D eigenvalue weighted by Crippen LogP contribution is 2.20. The minimum Gasteiger partial charge on any atom is -0.374 e. The maximum Gasteiger partial charge on any atom is 0.0704 e. The molecule has 1 N–H and O–H groups in total. The molecule has 0 aliphatic carbocycles. The van der Waals surface area contributed by atoms with Crippen molar-refractivity contribution in [3.8, 4) is 0 Å². The van der Waals surface area contributed by atoms with Crippen LogP contribution in [0.4, 0.5) is 0 Å². The van der Waals surface area contributed by atoms with Crippen molar-refractivity contribution in [2.24, 2.45) is 5.92 Å². The van der Waals surface area contributed by atoms with Gasteiger partial charge in [0.25, 0.3) is 0 Å². The molecule has 0 spiro atoms. The van der Waals surface area contributed by atoms with E-state index in [-0.39, 0.29) is 0 Å². The maximum atomic E-state index is 5.80. The molecule has 100 valence electrons. The molecule has 2 unspecified atom stereocenters. The summed E-state index contributed by atoms with van der Waals surface area (Å²) < 4.78 is 5.80. The summed E-state index contributed by atoms with van der Waals surface area (Å²) in [5.74, 6) is 0.946. The zero-order valence-corrected chi connectivity index (χ0v) is 11.5. The summed E-state index contributed by atoms with van der Waals surface area (Å²) in [6.07, 6.45) is 7.54. The quantitative estimate of drug-likeness (QED) is 0.743. The van der Waals surface area contributed by atoms with Crippen LogP contribution in [0, 0.1) is 5.92 Å². The van der Waals surface area contributed by atoms with Crippen LogP contribution in [-0.4, -0.2) is 50.3 Å². The van der Waals surface area contributed by atoms with Gasteiger partial charge < -0.3 is 15.0 Å². The fourth-order valence-electron chi connectivity index (χ4n) is 2.96. The van der Waals surface area contributed by atoms with Gasteiger partial charge in [-0.15, -0.1) is 0 Å². The zero-order chi connectivity index (χ0) is 12.1. The molecule has 2 aliphatic heterocycles. The van der Waals surface area contributed by atoms with Crippen molar-refractivity contribution in [2.75, 3.05) is 33.2 Å². The highest BCUT2D eigenvalue weighted by Gasteiger charge is 2.21. The number of piperidine rings is 1. The van der Waals surface area contributed by atoms with Gasteiger partial charge in [0.05, 0.1) is 12.2 Å². The van der Waals surface area contributed by atoms with E-state index in [2.05, 4.69) is 24.2 Å². The van der Waals surface area contributed by atoms with E-state index < -0.39 is 0 Å². The molecule has 3 nitrogen and oxygen atoms in total. The normalized spacial score (nSPS) is 32.1. The van der Waals surface area contributed by atoms with Crippen molar-refractivity contribution in [3.05, 3.63) is 0 Å². The van der Waals surface area contributed by atoms with Crippen LogP contribution in [0.1, 0.15) is 39.0 Å². The van der Waals surface area contributed by atoms with Gasteiger partial charge in [-0.05, 0) is 71.6 Å². The second-order valence-corrected chi connectivity index (χ2v) is 5.89. The third-order valence-corrected chi connectivity index (χ3v) is 4.26. The first kappa shape index (κ1) is 13.3. The fourth-order valence-corrected chi connectivity index (χ4v) is 2.96. The lowest BCUT2D eigenvalue weighted by Crippen LogP contribution is -2.33. The van der Waals surface area contributed by atoms with Crippen LogP contribution in [0.5, 0.6) is 0 Å². The number of ether oxygens (including phenoxy) is 1. The van der Waals surface area contributed by atoms with Crippen molar-refractivity contribution >= 4 is 0 Å². The summed E-state index contributed by atoms with van der Waals surface area (Å²) in [5.41, 5.74) is 0. The van der Waals surface area contributed by atoms with Crippen LogP contribution in [0.2, 0.25) is 0 Å². The molecule has 17 heavy (non-hydrogen) atoms. The van der Waals surface area contributed by atoms with Crippen molar-refractivity contribution in [1.82, 2.24) is 10.2 Å². The molecule has 3 heteroatoms. The van der Waals surface area contributed by atoms with Gasteiger partial charge in [0.2, 0.25) is 0 Å². The highest BCUT2D eigenvalue weighted by molar-refractivity contribution is 4.74. The standard InChI is InChI=1S/C14H28N2O/c1-12-3-4-14(17-12)11-15-8-5-13-6-9-16(2)10-7-13/h12-15H,3-11H2,1-2H3. The van der Waals surface area contributed by atoms with Crippen LogP contribution in [0.3, 0.4) is 0 Å². The summed E-state index contributed by atoms with van der Waals surface area (Å²) in [6, 6.07) is 0. The number of likely N-dealkylation sites (tertiary alicyclic amines) is 1. The predicted octanol–water partition coefficient (Wildman–Crippen LogP) is 1.88. The van der Waals surface area contributed by atoms with Gasteiger partial charge in [-0.1, -0.05) is 0 Å². The van der Waals surface area contributed by atoms with Gasteiger partial charge in [-0.3, -0.25) is 0 Å². The molecule has 2 aliphatic rings. The summed E-state index contributed by atoms with van der Waals surface area (Å²) in [7, 11) is 2.23. The SMILES string of the molecule is CC1CCC(CNCCC2CCN(C)CC2)O1. The molecule has 0 aromatic carbocycles. The lowest BCUT2D eigenvalue weighted by Gasteiger charge is -2.29. The molecule has 0 amide bonds. The number of hydrogen-bond donors (Lipinski definition) is 1. The first-order valence-corrected chi connectivity index (χ1v) is 7.29. The topological polar surface area (TPSA) is 24.5 Å². The van der Waals surface area contributed by atoms with Crippen LogP contribution in [-0.2, 0) is 4.74 Å². The van der Waals surface area contributed by atoms with E-state index in [1.807, 2.05) is 0 Å². The third kappa shape index (κ3) is 4.57. The Balaban J connectivity index is 1.49. The zero-order valence-electron chi connectivity index (χ0n) is 11.5. The number of nitrogens with zero attached hydrogens (tertiary/aromatic N) is 1. The summed E-state index contributed by atoms with van der Waals surface area (Å²) in [5, 5.41) is 3.57. The van der Waals surface area contributed by atoms with Gasteiger partial charge in [-0.2, -0.15) is 0 Å². The van der Waals surface area contributed by atoms with E-state index in [1.54, 1.807) is 0 Å². The van der Waals surface area contributed by atoms with Crippen LogP contribution < -0.4 is 5.32 Å². The predicted molar refractivity (Wildman–Crippen MR) is 71.3 cm³/mol. The monoisotopic (exact) mass is 240 g/mol. The fraction of sp³-hybridized carbons (Fsp3) is 1.00. The minimum atomic E-state index is 0.475. The van der Waals surface area contributed by atoms with E-state index in [4.69, 9.17) is 4.74 Å². The Labute approximate surface area is 106 Å². The molecule has 2 heterocycles. The van der Waals surface area contributed by atoms with E-state index in [0.717, 1.165) is 12.5 Å². The van der Waals surface area contributed by atoms with Gasteiger partial charge in [-0.25, -0.2) is 0 Å². The number of rotatable bonds is 5. The second-order valence-electron chi connectivity index (χ2n) is 5.89. The molecular formula is C14H28N2O. The van der Waals surface area contributed by atoms with Crippen molar-refractivity contribution in [3.63, 3.8) is 0 Å². The first-order chi connectivity index (χ1) is 8.24. The second kappa shape index (κ2) is 6.72. The van der Waals surface area contributed by atoms with Gasteiger partial charge >= 0.3 is 0 Å². The molecular weight excluding hydrogens is 212 g/mol. The lowest BCUT2D eigenvalue weighted by atomic mass is 9.94. The highest BCUT2D eigenvalue weighted by atomic mass is 16.5. The summed E-state index contributed by atoms with van der Waals surface area (Å²) in [4.78, 5) is 2.44. The molecule has 2 fully saturated rings. The van der Waals surface area contributed by atoms with Gasteiger partial charge in [0, 0.05) is 6.54 Å². The van der Waals surface area contributed by atoms with Crippen molar-refractivity contribution in [1.29, 1.82) is 0 Å². The van der Waals surface area contributed by atoms with E-state index in [9.17, 15) is 0 Å². The Morgan fingerprint density at radius 2 is 1.94 bits per heavy atom. The van der Waals surface area contributed by atoms with E-state index in [1.165, 1.54) is 51.7 Å². The Morgan fingerprint density at radius 1 is 1.18 bits per heavy atom. The van der Waals surface area contributed by atoms with Crippen molar-refractivity contribution < 1.29 is 4.74 Å². The Kier molecular flexibility index (Phi) is 5.26. The molecule has 0 aromatic rings. The van der Waals surface area contributed by atoms with Gasteiger partial charge in [0.15, 0.2) is 0 Å². The molecule has 2 saturated heterocycles. The number of nitrogens with one attached hydrogen (secondary N) is 1. The Bertz CT molecular complexity index is 214. The van der Waals surface area contributed by atoms with Gasteiger partial charge in [0.1, 0.15) is 0 Å². The molecule has 0 aromatic heterocycles. The first-order valence-electron chi connectivity index (χ1n) is 7.29.